The Morgan fingerprint density at radius 2 is 1.87 bits per heavy atom. The predicted molar refractivity (Wildman–Crippen MR) is 133 cm³/mol. The first-order chi connectivity index (χ1) is 17.9. The van der Waals surface area contributed by atoms with E-state index in [9.17, 15) is 26.9 Å². The molecule has 1 aromatic carbocycles. The Labute approximate surface area is 219 Å². The van der Waals surface area contributed by atoms with Gasteiger partial charge in [-0.1, -0.05) is 18.2 Å². The van der Waals surface area contributed by atoms with E-state index in [1.807, 2.05) is 0 Å². The van der Waals surface area contributed by atoms with Crippen molar-refractivity contribution in [2.75, 3.05) is 23.4 Å². The minimum absolute atomic E-state index is 0.00861. The Kier molecular flexibility index (Phi) is 6.89. The summed E-state index contributed by atoms with van der Waals surface area (Å²) in [7, 11) is -3.28. The van der Waals surface area contributed by atoms with E-state index >= 15 is 0 Å². The molecule has 0 aliphatic heterocycles. The van der Waals surface area contributed by atoms with Crippen molar-refractivity contribution in [3.63, 3.8) is 0 Å². The van der Waals surface area contributed by atoms with Crippen LogP contribution in [0.3, 0.4) is 0 Å². The van der Waals surface area contributed by atoms with Gasteiger partial charge in [-0.3, -0.25) is 0 Å². The summed E-state index contributed by atoms with van der Waals surface area (Å²) in [6, 6.07) is 7.86. The number of nitrogens with zero attached hydrogens (tertiary/aromatic N) is 3. The summed E-state index contributed by atoms with van der Waals surface area (Å²) in [6.07, 6.45) is 2.67. The molecule has 3 unspecified atom stereocenters. The second-order valence-electron chi connectivity index (χ2n) is 10.8. The van der Waals surface area contributed by atoms with E-state index in [1.165, 1.54) is 30.7 Å². The van der Waals surface area contributed by atoms with Crippen molar-refractivity contribution in [3.05, 3.63) is 41.6 Å². The zero-order valence-electron chi connectivity index (χ0n) is 20.8. The molecule has 3 N–H and O–H groups in total. The Hall–Kier alpha value is -3.11. The van der Waals surface area contributed by atoms with Gasteiger partial charge in [0.05, 0.1) is 12.5 Å². The molecule has 6 rings (SSSR count). The minimum Gasteiger partial charge on any atom is -0.405 e. The number of para-hydroxylation sites is 1. The molecule has 2 aromatic rings. The van der Waals surface area contributed by atoms with E-state index in [-0.39, 0.29) is 52.7 Å². The molecule has 0 amide bonds. The summed E-state index contributed by atoms with van der Waals surface area (Å²) in [5.74, 6) is 1.33. The number of benzene rings is 1. The summed E-state index contributed by atoms with van der Waals surface area (Å²) in [5.41, 5.74) is 0.529. The van der Waals surface area contributed by atoms with Gasteiger partial charge >= 0.3 is 6.36 Å². The van der Waals surface area contributed by atoms with E-state index in [1.54, 1.807) is 6.07 Å². The molecule has 1 aromatic heterocycles. The van der Waals surface area contributed by atoms with Gasteiger partial charge in [-0.25, -0.2) is 18.1 Å². The zero-order valence-corrected chi connectivity index (χ0v) is 21.6. The number of nitriles is 1. The highest BCUT2D eigenvalue weighted by Crippen LogP contribution is 2.60. The fourth-order valence-corrected chi connectivity index (χ4v) is 7.73. The molecule has 4 bridgehead atoms. The van der Waals surface area contributed by atoms with E-state index in [2.05, 4.69) is 36.1 Å². The maximum atomic E-state index is 12.7. The molecule has 9 nitrogen and oxygen atoms in total. The Morgan fingerprint density at radius 1 is 1.16 bits per heavy atom. The van der Waals surface area contributed by atoms with Gasteiger partial charge in [0.1, 0.15) is 23.2 Å². The van der Waals surface area contributed by atoms with Crippen LogP contribution < -0.4 is 20.1 Å². The number of aromatic nitrogens is 2. The second-order valence-corrected chi connectivity index (χ2v) is 12.6. The largest absolute Gasteiger partial charge is 0.573 e. The molecule has 0 saturated heterocycles. The van der Waals surface area contributed by atoms with Crippen LogP contribution in [0.15, 0.2) is 30.5 Å². The summed E-state index contributed by atoms with van der Waals surface area (Å²) in [5, 5.41) is 15.8. The van der Waals surface area contributed by atoms with Crippen LogP contribution in [-0.4, -0.2) is 43.6 Å². The lowest BCUT2D eigenvalue weighted by Gasteiger charge is -2.60. The molecule has 0 radical (unpaired) electrons. The van der Waals surface area contributed by atoms with Crippen molar-refractivity contribution >= 4 is 21.8 Å². The van der Waals surface area contributed by atoms with E-state index < -0.39 is 16.4 Å². The lowest BCUT2D eigenvalue weighted by molar-refractivity contribution is -0.274. The Balaban J connectivity index is 1.27. The van der Waals surface area contributed by atoms with Crippen LogP contribution in [-0.2, 0) is 16.6 Å². The van der Waals surface area contributed by atoms with Crippen molar-refractivity contribution in [2.45, 2.75) is 51.1 Å². The zero-order chi connectivity index (χ0) is 27.1. The third kappa shape index (κ3) is 5.96. The number of rotatable bonds is 9. The lowest BCUT2D eigenvalue weighted by atomic mass is 9.48. The van der Waals surface area contributed by atoms with Crippen LogP contribution in [0.4, 0.5) is 24.9 Å². The first kappa shape index (κ1) is 26.5. The quantitative estimate of drug-likeness (QED) is 0.427. The van der Waals surface area contributed by atoms with Gasteiger partial charge in [0.25, 0.3) is 0 Å². The first-order valence-electron chi connectivity index (χ1n) is 12.5. The Morgan fingerprint density at radius 3 is 2.53 bits per heavy atom. The maximum absolute atomic E-state index is 12.7. The van der Waals surface area contributed by atoms with Crippen molar-refractivity contribution in [3.8, 4) is 11.8 Å². The van der Waals surface area contributed by atoms with Crippen LogP contribution in [0, 0.1) is 34.5 Å². The molecule has 5 atom stereocenters. The van der Waals surface area contributed by atoms with Gasteiger partial charge in [0, 0.05) is 24.7 Å². The number of hydrogen-bond donors (Lipinski definition) is 3. The van der Waals surface area contributed by atoms with Gasteiger partial charge < -0.3 is 15.4 Å². The van der Waals surface area contributed by atoms with Crippen LogP contribution in [0.5, 0.6) is 5.75 Å². The fraction of sp³-hybridized carbons (Fsp3) is 0.560. The third-order valence-electron chi connectivity index (χ3n) is 7.93. The SMILES string of the molecule is CS(=O)(=O)NC1[C@@H]2CC3C[C@H]1CC(CNc1nc(NCc4ccccc4OC(F)(F)F)ncc1C#N)(C3)C2. The van der Waals surface area contributed by atoms with Crippen molar-refractivity contribution < 1.29 is 26.3 Å². The van der Waals surface area contributed by atoms with Crippen molar-refractivity contribution in [1.82, 2.24) is 14.7 Å². The minimum atomic E-state index is -4.81. The molecule has 13 heteroatoms. The molecule has 4 fully saturated rings. The normalized spacial score (nSPS) is 28.1. The molecule has 4 saturated carbocycles. The average molecular weight is 551 g/mol. The monoisotopic (exact) mass is 550 g/mol. The maximum Gasteiger partial charge on any atom is 0.573 e. The summed E-state index contributed by atoms with van der Waals surface area (Å²) in [4.78, 5) is 8.57. The van der Waals surface area contributed by atoms with Gasteiger partial charge in [-0.05, 0) is 61.3 Å². The number of ether oxygens (including phenoxy) is 1. The second kappa shape index (κ2) is 9.89. The molecule has 4 aliphatic carbocycles. The standard InChI is InChI=1S/C25H29F3N6O3S/c1-38(35,36)34-21-17-6-15-7-18(21)10-24(8-15,9-17)14-32-22-19(11-29)13-31-23(33-22)30-12-16-4-2-3-5-20(16)37-25(26,27)28/h2-5,13,15,17-18,21,34H,6-10,12,14H2,1H3,(H2,30,31,32,33)/t15?,17-,18+,21?,24?. The summed E-state index contributed by atoms with van der Waals surface area (Å²) < 4.78 is 69.0. The topological polar surface area (TPSA) is 129 Å². The molecule has 4 aliphatic rings. The summed E-state index contributed by atoms with van der Waals surface area (Å²) >= 11 is 0. The van der Waals surface area contributed by atoms with Crippen molar-refractivity contribution in [2.24, 2.45) is 23.2 Å². The highest BCUT2D eigenvalue weighted by Gasteiger charge is 2.55. The van der Waals surface area contributed by atoms with Gasteiger partial charge in [-0.15, -0.1) is 13.2 Å². The fourth-order valence-electron chi connectivity index (χ4n) is 6.85. The van der Waals surface area contributed by atoms with Gasteiger partial charge in [0.15, 0.2) is 0 Å². The number of halogens is 3. The molecule has 0 spiro atoms. The highest BCUT2D eigenvalue weighted by molar-refractivity contribution is 7.88. The number of hydrogen-bond acceptors (Lipinski definition) is 8. The predicted octanol–water partition coefficient (Wildman–Crippen LogP) is 4.01. The molecular weight excluding hydrogens is 521 g/mol. The van der Waals surface area contributed by atoms with Crippen LogP contribution in [0.2, 0.25) is 0 Å². The first-order valence-corrected chi connectivity index (χ1v) is 14.4. The molecule has 38 heavy (non-hydrogen) atoms. The van der Waals surface area contributed by atoms with E-state index in [0.29, 0.717) is 18.3 Å². The lowest BCUT2D eigenvalue weighted by Crippen LogP contribution is -2.60. The van der Waals surface area contributed by atoms with Crippen LogP contribution in [0.1, 0.15) is 43.2 Å². The number of alkyl halides is 3. The van der Waals surface area contributed by atoms with Crippen LogP contribution in [0.25, 0.3) is 0 Å². The number of sulfonamides is 1. The van der Waals surface area contributed by atoms with Gasteiger partial charge in [0.2, 0.25) is 16.0 Å². The smallest absolute Gasteiger partial charge is 0.405 e. The third-order valence-corrected chi connectivity index (χ3v) is 8.63. The molecular formula is C25H29F3N6O3S. The number of nitrogens with one attached hydrogen (secondary N) is 3. The highest BCUT2D eigenvalue weighted by atomic mass is 32.2. The summed E-state index contributed by atoms with van der Waals surface area (Å²) in [6.45, 7) is 0.580. The average Bonchev–Trinajstić information content (AvgIpc) is 2.82. The number of anilines is 2. The van der Waals surface area contributed by atoms with E-state index in [0.717, 1.165) is 32.1 Å². The Bertz CT molecular complexity index is 1330. The molecule has 204 valence electrons. The van der Waals surface area contributed by atoms with E-state index in [4.69, 9.17) is 0 Å². The van der Waals surface area contributed by atoms with Gasteiger partial charge in [-0.2, -0.15) is 10.2 Å². The molecule has 1 heterocycles. The van der Waals surface area contributed by atoms with Crippen LogP contribution >= 0.6 is 0 Å². The van der Waals surface area contributed by atoms with Crippen molar-refractivity contribution in [1.29, 1.82) is 5.26 Å².